The average molecular weight is 326 g/mol. The third-order valence-electron chi connectivity index (χ3n) is 4.12. The molecule has 0 atom stereocenters. The first-order valence-corrected chi connectivity index (χ1v) is 7.84. The van der Waals surface area contributed by atoms with Gasteiger partial charge < -0.3 is 5.73 Å². The first kappa shape index (κ1) is 14.6. The molecule has 112 valence electrons. The summed E-state index contributed by atoms with van der Waals surface area (Å²) in [5.41, 5.74) is 7.09. The lowest BCUT2D eigenvalue weighted by atomic mass is 9.87. The molecule has 0 amide bonds. The van der Waals surface area contributed by atoms with Crippen molar-refractivity contribution in [2.24, 2.45) is 5.92 Å². The normalized spacial score (nSPS) is 22.4. The zero-order valence-corrected chi connectivity index (χ0v) is 13.3. The van der Waals surface area contributed by atoms with Gasteiger partial charge >= 0.3 is 0 Å². The van der Waals surface area contributed by atoms with E-state index in [0.29, 0.717) is 33.2 Å². The van der Waals surface area contributed by atoms with Gasteiger partial charge in [0.25, 0.3) is 0 Å². The van der Waals surface area contributed by atoms with E-state index in [0.717, 1.165) is 18.8 Å². The van der Waals surface area contributed by atoms with E-state index in [2.05, 4.69) is 22.4 Å². The summed E-state index contributed by atoms with van der Waals surface area (Å²) < 4.78 is 1.86. The number of hydrogen-bond donors (Lipinski definition) is 1. The molecule has 0 aliphatic heterocycles. The van der Waals surface area contributed by atoms with Gasteiger partial charge in [-0.15, -0.1) is 5.10 Å². The van der Waals surface area contributed by atoms with Crippen molar-refractivity contribution in [2.75, 3.05) is 5.73 Å². The molecule has 0 spiro atoms. The summed E-state index contributed by atoms with van der Waals surface area (Å²) in [5.74, 6) is 1.40. The minimum Gasteiger partial charge on any atom is -0.399 e. The number of anilines is 1. The summed E-state index contributed by atoms with van der Waals surface area (Å²) >= 11 is 12.4. The Labute approximate surface area is 133 Å². The van der Waals surface area contributed by atoms with Gasteiger partial charge in [0.15, 0.2) is 5.82 Å². The molecular formula is C14H17Cl2N5. The third kappa shape index (κ3) is 2.85. The summed E-state index contributed by atoms with van der Waals surface area (Å²) in [5, 5.41) is 12.9. The molecule has 1 heterocycles. The van der Waals surface area contributed by atoms with Crippen LogP contribution in [0.25, 0.3) is 11.4 Å². The van der Waals surface area contributed by atoms with Gasteiger partial charge in [-0.3, -0.25) is 0 Å². The van der Waals surface area contributed by atoms with Crippen molar-refractivity contribution in [1.29, 1.82) is 0 Å². The lowest BCUT2D eigenvalue weighted by molar-refractivity contribution is 0.272. The zero-order chi connectivity index (χ0) is 15.0. The summed E-state index contributed by atoms with van der Waals surface area (Å²) in [6, 6.07) is 3.70. The molecule has 0 bridgehead atoms. The number of hydrogen-bond acceptors (Lipinski definition) is 4. The predicted molar refractivity (Wildman–Crippen MR) is 84.4 cm³/mol. The van der Waals surface area contributed by atoms with E-state index in [4.69, 9.17) is 28.9 Å². The number of nitrogens with two attached hydrogens (primary N) is 1. The Balaban J connectivity index is 2.00. The third-order valence-corrected chi connectivity index (χ3v) is 4.92. The lowest BCUT2D eigenvalue weighted by Gasteiger charge is -2.26. The van der Waals surface area contributed by atoms with Gasteiger partial charge in [0.2, 0.25) is 0 Å². The zero-order valence-electron chi connectivity index (χ0n) is 11.8. The number of tetrazole rings is 1. The predicted octanol–water partition coefficient (Wildman–Crippen LogP) is 3.98. The molecule has 1 aliphatic rings. The van der Waals surface area contributed by atoms with Crippen LogP contribution < -0.4 is 5.73 Å². The highest BCUT2D eigenvalue weighted by Gasteiger charge is 2.25. The van der Waals surface area contributed by atoms with Gasteiger partial charge in [-0.1, -0.05) is 30.1 Å². The molecule has 2 aromatic rings. The topological polar surface area (TPSA) is 69.6 Å². The number of nitrogens with zero attached hydrogens (tertiary/aromatic N) is 4. The molecule has 1 fully saturated rings. The van der Waals surface area contributed by atoms with Crippen molar-refractivity contribution < 1.29 is 0 Å². The van der Waals surface area contributed by atoms with Gasteiger partial charge in [0.05, 0.1) is 16.1 Å². The van der Waals surface area contributed by atoms with Crippen LogP contribution in [-0.2, 0) is 0 Å². The van der Waals surface area contributed by atoms with E-state index in [1.807, 2.05) is 4.68 Å². The molecule has 0 unspecified atom stereocenters. The smallest absolute Gasteiger partial charge is 0.183 e. The minimum absolute atomic E-state index is 0.308. The Bertz CT molecular complexity index is 647. The maximum atomic E-state index is 6.29. The molecular weight excluding hydrogens is 309 g/mol. The van der Waals surface area contributed by atoms with E-state index in [9.17, 15) is 0 Å². The summed E-state index contributed by atoms with van der Waals surface area (Å²) in [6.45, 7) is 2.28. The van der Waals surface area contributed by atoms with Crippen molar-refractivity contribution >= 4 is 28.9 Å². The van der Waals surface area contributed by atoms with Crippen molar-refractivity contribution in [1.82, 2.24) is 20.2 Å². The molecule has 0 radical (unpaired) electrons. The van der Waals surface area contributed by atoms with Crippen molar-refractivity contribution in [3.8, 4) is 11.4 Å². The highest BCUT2D eigenvalue weighted by Crippen LogP contribution is 2.38. The maximum absolute atomic E-state index is 6.29. The molecule has 3 rings (SSSR count). The fourth-order valence-electron chi connectivity index (χ4n) is 2.88. The standard InChI is InChI=1S/C14H17Cl2N5/c1-8-2-4-10(5-3-8)21-14(18-19-20-21)11-6-9(17)7-12(15)13(11)16/h6-8,10H,2-5,17H2,1H3. The second-order valence-corrected chi connectivity index (χ2v) is 6.51. The second-order valence-electron chi connectivity index (χ2n) is 5.73. The Morgan fingerprint density at radius 1 is 1.19 bits per heavy atom. The quantitative estimate of drug-likeness (QED) is 0.848. The monoisotopic (exact) mass is 325 g/mol. The SMILES string of the molecule is CC1CCC(n2nnnc2-c2cc(N)cc(Cl)c2Cl)CC1. The van der Waals surface area contributed by atoms with Crippen LogP contribution in [0.5, 0.6) is 0 Å². The second kappa shape index (κ2) is 5.81. The van der Waals surface area contributed by atoms with Gasteiger partial charge in [0.1, 0.15) is 0 Å². The van der Waals surface area contributed by atoms with Gasteiger partial charge in [-0.2, -0.15) is 0 Å². The molecule has 2 N–H and O–H groups in total. The van der Waals surface area contributed by atoms with Crippen LogP contribution in [0.1, 0.15) is 38.6 Å². The van der Waals surface area contributed by atoms with E-state index in [-0.39, 0.29) is 0 Å². The van der Waals surface area contributed by atoms with E-state index in [1.54, 1.807) is 12.1 Å². The summed E-state index contributed by atoms with van der Waals surface area (Å²) in [6.07, 6.45) is 4.53. The fourth-order valence-corrected chi connectivity index (χ4v) is 3.30. The van der Waals surface area contributed by atoms with Crippen LogP contribution >= 0.6 is 23.2 Å². The fraction of sp³-hybridized carbons (Fsp3) is 0.500. The summed E-state index contributed by atoms with van der Waals surface area (Å²) in [7, 11) is 0. The van der Waals surface area contributed by atoms with Gasteiger partial charge in [-0.25, -0.2) is 4.68 Å². The van der Waals surface area contributed by atoms with Gasteiger partial charge in [-0.05, 0) is 54.2 Å². The largest absolute Gasteiger partial charge is 0.399 e. The Kier molecular flexibility index (Phi) is 4.04. The van der Waals surface area contributed by atoms with Gasteiger partial charge in [0, 0.05) is 11.3 Å². The number of aromatic nitrogens is 4. The molecule has 0 saturated heterocycles. The van der Waals surface area contributed by atoms with E-state index < -0.39 is 0 Å². The lowest BCUT2D eigenvalue weighted by Crippen LogP contribution is -2.19. The van der Waals surface area contributed by atoms with Crippen LogP contribution in [0.3, 0.4) is 0 Å². The molecule has 1 aromatic carbocycles. The average Bonchev–Trinajstić information content (AvgIpc) is 2.93. The Morgan fingerprint density at radius 2 is 1.90 bits per heavy atom. The van der Waals surface area contributed by atoms with Crippen LogP contribution in [0.4, 0.5) is 5.69 Å². The van der Waals surface area contributed by atoms with Crippen molar-refractivity contribution in [3.05, 3.63) is 22.2 Å². The number of rotatable bonds is 2. The first-order valence-electron chi connectivity index (χ1n) is 7.09. The highest BCUT2D eigenvalue weighted by atomic mass is 35.5. The molecule has 1 aliphatic carbocycles. The first-order chi connectivity index (χ1) is 10.1. The maximum Gasteiger partial charge on any atom is 0.183 e. The molecule has 7 heteroatoms. The van der Waals surface area contributed by atoms with Crippen LogP contribution in [-0.4, -0.2) is 20.2 Å². The molecule has 1 aromatic heterocycles. The molecule has 21 heavy (non-hydrogen) atoms. The highest BCUT2D eigenvalue weighted by molar-refractivity contribution is 6.43. The Hall–Kier alpha value is -1.33. The number of halogens is 2. The Morgan fingerprint density at radius 3 is 2.62 bits per heavy atom. The van der Waals surface area contributed by atoms with Crippen LogP contribution in [0.15, 0.2) is 12.1 Å². The summed E-state index contributed by atoms with van der Waals surface area (Å²) in [4.78, 5) is 0. The number of nitrogen functional groups attached to an aromatic ring is 1. The minimum atomic E-state index is 0.308. The molecule has 1 saturated carbocycles. The molecule has 5 nitrogen and oxygen atoms in total. The van der Waals surface area contributed by atoms with Crippen LogP contribution in [0.2, 0.25) is 10.0 Å². The van der Waals surface area contributed by atoms with Crippen molar-refractivity contribution in [2.45, 2.75) is 38.6 Å². The number of benzene rings is 1. The van der Waals surface area contributed by atoms with E-state index >= 15 is 0 Å². The van der Waals surface area contributed by atoms with E-state index in [1.165, 1.54) is 12.8 Å². The van der Waals surface area contributed by atoms with Crippen molar-refractivity contribution in [3.63, 3.8) is 0 Å². The van der Waals surface area contributed by atoms with Crippen LogP contribution in [0, 0.1) is 5.92 Å².